The van der Waals surface area contributed by atoms with Gasteiger partial charge in [-0.05, 0) is 10.8 Å². The Labute approximate surface area is 309 Å². The monoisotopic (exact) mass is 671 g/mol. The van der Waals surface area contributed by atoms with E-state index in [-0.39, 0.29) is 0 Å². The molecule has 5 aromatic carbocycles. The molecule has 278 valence electrons. The van der Waals surface area contributed by atoms with Gasteiger partial charge < -0.3 is 0 Å². The van der Waals surface area contributed by atoms with Crippen molar-refractivity contribution in [1.82, 2.24) is 0 Å². The molecule has 0 aliphatic carbocycles. The second-order valence-electron chi connectivity index (χ2n) is 10.8. The van der Waals surface area contributed by atoms with E-state index in [1.165, 1.54) is 55.7 Å². The molecule has 0 saturated carbocycles. The molecule has 0 heterocycles. The Morgan fingerprint density at radius 2 is 0.265 bits per heavy atom. The van der Waals surface area contributed by atoms with Crippen LogP contribution in [0.5, 0.6) is 0 Å². The van der Waals surface area contributed by atoms with E-state index in [9.17, 15) is 0 Å². The summed E-state index contributed by atoms with van der Waals surface area (Å²) in [5.41, 5.74) is 0. The van der Waals surface area contributed by atoms with Crippen molar-refractivity contribution in [2.75, 3.05) is 0 Å². The van der Waals surface area contributed by atoms with E-state index in [1.807, 2.05) is 109 Å². The van der Waals surface area contributed by atoms with Gasteiger partial charge in [0.05, 0.1) is 0 Å². The molecule has 0 spiro atoms. The maximum atomic E-state index is 2.12. The minimum atomic E-state index is 1.25. The van der Waals surface area contributed by atoms with Crippen molar-refractivity contribution in [3.8, 4) is 0 Å². The van der Waals surface area contributed by atoms with Crippen molar-refractivity contribution >= 4 is 10.8 Å². The standard InChI is InChI=1S/C10H8.3C6H6.7C3H8/c1-2-6-10-8-4-3-7-9(10)5-1;3*1-2-4-6-5-3-1;7*1-3-2/h1-8H;3*1-6H;7*3H2,1-2H3. The molecule has 0 radical (unpaired) electrons. The van der Waals surface area contributed by atoms with Gasteiger partial charge in [-0.3, -0.25) is 0 Å². The van der Waals surface area contributed by atoms with Crippen LogP contribution in [-0.2, 0) is 0 Å². The molecule has 0 fully saturated rings. The molecular formula is C49H82. The van der Waals surface area contributed by atoms with Crippen molar-refractivity contribution < 1.29 is 0 Å². The summed E-state index contributed by atoms with van der Waals surface area (Å²) in [7, 11) is 0. The van der Waals surface area contributed by atoms with Crippen LogP contribution in [0.25, 0.3) is 10.8 Å². The molecule has 0 aromatic heterocycles. The minimum Gasteiger partial charge on any atom is -0.0656 e. The maximum absolute atomic E-state index is 2.12. The van der Waals surface area contributed by atoms with Crippen molar-refractivity contribution in [2.24, 2.45) is 0 Å². The van der Waals surface area contributed by atoms with E-state index in [0.717, 1.165) is 0 Å². The van der Waals surface area contributed by atoms with Gasteiger partial charge in [0.25, 0.3) is 0 Å². The molecule has 0 atom stereocenters. The second-order valence-corrected chi connectivity index (χ2v) is 10.8. The molecule has 49 heavy (non-hydrogen) atoms. The van der Waals surface area contributed by atoms with E-state index >= 15 is 0 Å². The van der Waals surface area contributed by atoms with E-state index in [4.69, 9.17) is 0 Å². The average molecular weight is 671 g/mol. The summed E-state index contributed by atoms with van der Waals surface area (Å²) in [6, 6.07) is 52.7. The van der Waals surface area contributed by atoms with Crippen LogP contribution in [0.15, 0.2) is 158 Å². The first-order chi connectivity index (χ1) is 23.9. The summed E-state index contributed by atoms with van der Waals surface area (Å²) in [6.45, 7) is 29.8. The first-order valence-corrected chi connectivity index (χ1v) is 19.3. The molecule has 0 amide bonds. The first kappa shape index (κ1) is 57.6. The second kappa shape index (κ2) is 66.7. The van der Waals surface area contributed by atoms with Gasteiger partial charge in [-0.1, -0.05) is 300 Å². The summed E-state index contributed by atoms with van der Waals surface area (Å²) in [6.07, 6.45) is 8.75. The van der Waals surface area contributed by atoms with Crippen LogP contribution in [0.1, 0.15) is 142 Å². The van der Waals surface area contributed by atoms with E-state index in [0.29, 0.717) is 0 Å². The van der Waals surface area contributed by atoms with E-state index < -0.39 is 0 Å². The van der Waals surface area contributed by atoms with Crippen molar-refractivity contribution in [3.63, 3.8) is 0 Å². The highest BCUT2D eigenvalue weighted by Gasteiger charge is 1.85. The van der Waals surface area contributed by atoms with Crippen LogP contribution in [0.3, 0.4) is 0 Å². The van der Waals surface area contributed by atoms with Gasteiger partial charge in [0.1, 0.15) is 0 Å². The van der Waals surface area contributed by atoms with Gasteiger partial charge in [0.15, 0.2) is 0 Å². The summed E-state index contributed by atoms with van der Waals surface area (Å²) < 4.78 is 0. The third kappa shape index (κ3) is 76.0. The zero-order chi connectivity index (χ0) is 38.5. The van der Waals surface area contributed by atoms with Crippen molar-refractivity contribution in [1.29, 1.82) is 0 Å². The van der Waals surface area contributed by atoms with E-state index in [1.54, 1.807) is 0 Å². The molecule has 0 N–H and O–H groups in total. The zero-order valence-corrected chi connectivity index (χ0v) is 35.0. The van der Waals surface area contributed by atoms with Crippen molar-refractivity contribution in [3.05, 3.63) is 158 Å². The predicted octanol–water partition coefficient (Wildman–Crippen LogP) is 17.8. The SMILES string of the molecule is CCC.CCC.CCC.CCC.CCC.CCC.CCC.c1ccc2ccccc2c1.c1ccccc1.c1ccccc1.c1ccccc1. The van der Waals surface area contributed by atoms with Crippen LogP contribution in [0.2, 0.25) is 0 Å². The van der Waals surface area contributed by atoms with Gasteiger partial charge in [0.2, 0.25) is 0 Å². The van der Waals surface area contributed by atoms with Crippen molar-refractivity contribution in [2.45, 2.75) is 142 Å². The quantitative estimate of drug-likeness (QED) is 0.154. The molecule has 0 nitrogen and oxygen atoms in total. The normalized spacial score (nSPS) is 7.55. The Hall–Kier alpha value is -3.64. The minimum absolute atomic E-state index is 1.25. The molecule has 0 unspecified atom stereocenters. The largest absolute Gasteiger partial charge is 0.0656 e. The highest BCUT2D eigenvalue weighted by atomic mass is 13.9. The first-order valence-electron chi connectivity index (χ1n) is 19.3. The fraction of sp³-hybridized carbons (Fsp3) is 0.429. The highest BCUT2D eigenvalue weighted by Crippen LogP contribution is 2.11. The van der Waals surface area contributed by atoms with Crippen LogP contribution in [0.4, 0.5) is 0 Å². The van der Waals surface area contributed by atoms with Gasteiger partial charge in [-0.25, -0.2) is 0 Å². The Morgan fingerprint density at radius 1 is 0.184 bits per heavy atom. The lowest BCUT2D eigenvalue weighted by atomic mass is 10.1. The molecule has 0 aliphatic heterocycles. The topological polar surface area (TPSA) is 0 Å². The molecule has 0 aliphatic rings. The van der Waals surface area contributed by atoms with Gasteiger partial charge in [-0.2, -0.15) is 0 Å². The maximum Gasteiger partial charge on any atom is -0.0184 e. The number of fused-ring (bicyclic) bond motifs is 1. The zero-order valence-electron chi connectivity index (χ0n) is 35.0. The van der Waals surface area contributed by atoms with Crippen LogP contribution in [-0.4, -0.2) is 0 Å². The van der Waals surface area contributed by atoms with Gasteiger partial charge >= 0.3 is 0 Å². The number of hydrogen-bond donors (Lipinski definition) is 0. The molecule has 0 bridgehead atoms. The smallest absolute Gasteiger partial charge is 0.0184 e. The Kier molecular flexibility index (Phi) is 78.4. The molecule has 5 rings (SSSR count). The molecule has 0 saturated heterocycles. The molecule has 0 heteroatoms. The Balaban J connectivity index is -0.000000108. The Bertz CT molecular complexity index is 816. The summed E-state index contributed by atoms with van der Waals surface area (Å²) >= 11 is 0. The summed E-state index contributed by atoms with van der Waals surface area (Å²) in [4.78, 5) is 0. The number of rotatable bonds is 0. The van der Waals surface area contributed by atoms with Crippen LogP contribution in [0, 0.1) is 0 Å². The fourth-order valence-electron chi connectivity index (χ4n) is 2.29. The van der Waals surface area contributed by atoms with Gasteiger partial charge in [-0.15, -0.1) is 0 Å². The lowest BCUT2D eigenvalue weighted by Gasteiger charge is -1.92. The molecular weight excluding hydrogens is 589 g/mol. The van der Waals surface area contributed by atoms with Gasteiger partial charge in [0, 0.05) is 0 Å². The summed E-state index contributed by atoms with van der Waals surface area (Å²) in [5, 5.41) is 2.62. The van der Waals surface area contributed by atoms with Crippen LogP contribution >= 0.6 is 0 Å². The Morgan fingerprint density at radius 3 is 0.347 bits per heavy atom. The highest BCUT2D eigenvalue weighted by molar-refractivity contribution is 5.82. The van der Waals surface area contributed by atoms with E-state index in [2.05, 4.69) is 145 Å². The average Bonchev–Trinajstić information content (AvgIpc) is 3.14. The number of hydrogen-bond acceptors (Lipinski definition) is 0. The lowest BCUT2D eigenvalue weighted by molar-refractivity contribution is 1.09. The fourth-order valence-corrected chi connectivity index (χ4v) is 2.29. The van der Waals surface area contributed by atoms with Crippen LogP contribution < -0.4 is 0 Å². The summed E-state index contributed by atoms with van der Waals surface area (Å²) in [5.74, 6) is 0. The predicted molar refractivity (Wildman–Crippen MR) is 235 cm³/mol. The third-order valence-corrected chi connectivity index (χ3v) is 3.66. The lowest BCUT2D eigenvalue weighted by Crippen LogP contribution is -1.67. The third-order valence-electron chi connectivity index (χ3n) is 3.66. The number of benzene rings is 5. The molecule has 5 aromatic rings.